The van der Waals surface area contributed by atoms with Crippen LogP contribution in [0.3, 0.4) is 0 Å². The average molecular weight is 152 g/mol. The normalized spacial score (nSPS) is 8.25. The van der Waals surface area contributed by atoms with E-state index in [1.165, 1.54) is 0 Å². The Hall–Kier alpha value is -0.271. The van der Waals surface area contributed by atoms with Crippen molar-refractivity contribution in [1.82, 2.24) is 9.97 Å². The molecule has 0 aliphatic rings. The zero-order valence-corrected chi connectivity index (χ0v) is 5.98. The fourth-order valence-electron chi connectivity index (χ4n) is 0.544. The SMILES string of the molecule is Cc1cnc(C)[nH]1.[Fe]. The summed E-state index contributed by atoms with van der Waals surface area (Å²) in [6.45, 7) is 3.92. The summed E-state index contributed by atoms with van der Waals surface area (Å²) in [6.07, 6.45) is 1.81. The summed E-state index contributed by atoms with van der Waals surface area (Å²) in [5.41, 5.74) is 1.12. The number of hydrogen-bond acceptors (Lipinski definition) is 1. The number of H-pyrrole nitrogens is 1. The number of imidazole rings is 1. The summed E-state index contributed by atoms with van der Waals surface area (Å²) >= 11 is 0. The van der Waals surface area contributed by atoms with E-state index in [1.807, 2.05) is 20.0 Å². The minimum absolute atomic E-state index is 0. The van der Waals surface area contributed by atoms with Crippen molar-refractivity contribution in [2.75, 3.05) is 0 Å². The molecular formula is C5H8FeN2. The van der Waals surface area contributed by atoms with E-state index in [4.69, 9.17) is 0 Å². The molecule has 0 amide bonds. The Morgan fingerprint density at radius 3 is 2.25 bits per heavy atom. The van der Waals surface area contributed by atoms with Gasteiger partial charge >= 0.3 is 0 Å². The van der Waals surface area contributed by atoms with Gasteiger partial charge in [0.25, 0.3) is 0 Å². The van der Waals surface area contributed by atoms with Gasteiger partial charge in [-0.1, -0.05) is 0 Å². The first-order chi connectivity index (χ1) is 3.29. The van der Waals surface area contributed by atoms with Crippen LogP contribution in [0.5, 0.6) is 0 Å². The summed E-state index contributed by atoms with van der Waals surface area (Å²) in [4.78, 5) is 6.99. The third-order valence-electron chi connectivity index (χ3n) is 0.830. The first kappa shape index (κ1) is 7.73. The molecule has 1 aromatic heterocycles. The van der Waals surface area contributed by atoms with Gasteiger partial charge in [-0.05, 0) is 13.8 Å². The van der Waals surface area contributed by atoms with E-state index in [9.17, 15) is 0 Å². The Balaban J connectivity index is 0.000000490. The fourth-order valence-corrected chi connectivity index (χ4v) is 0.544. The second kappa shape index (κ2) is 2.90. The summed E-state index contributed by atoms with van der Waals surface area (Å²) < 4.78 is 0. The molecule has 0 aliphatic heterocycles. The van der Waals surface area contributed by atoms with Crippen molar-refractivity contribution in [1.29, 1.82) is 0 Å². The molecule has 2 nitrogen and oxygen atoms in total. The van der Waals surface area contributed by atoms with Gasteiger partial charge in [-0.15, -0.1) is 0 Å². The molecule has 0 unspecified atom stereocenters. The van der Waals surface area contributed by atoms with Gasteiger partial charge in [0, 0.05) is 29.0 Å². The van der Waals surface area contributed by atoms with E-state index >= 15 is 0 Å². The van der Waals surface area contributed by atoms with Crippen LogP contribution in [0.15, 0.2) is 6.20 Å². The molecule has 0 radical (unpaired) electrons. The maximum Gasteiger partial charge on any atom is 0.103 e. The van der Waals surface area contributed by atoms with Crippen molar-refractivity contribution in [3.63, 3.8) is 0 Å². The molecule has 1 aromatic rings. The quantitative estimate of drug-likeness (QED) is 0.552. The molecule has 46 valence electrons. The summed E-state index contributed by atoms with van der Waals surface area (Å²) in [5.74, 6) is 0.984. The van der Waals surface area contributed by atoms with Crippen LogP contribution in [0.1, 0.15) is 11.5 Å². The number of nitrogens with one attached hydrogen (secondary N) is 1. The van der Waals surface area contributed by atoms with Gasteiger partial charge in [0.05, 0.1) is 0 Å². The van der Waals surface area contributed by atoms with Gasteiger partial charge in [0.1, 0.15) is 5.82 Å². The van der Waals surface area contributed by atoms with Gasteiger partial charge in [-0.3, -0.25) is 0 Å². The van der Waals surface area contributed by atoms with Crippen molar-refractivity contribution >= 4 is 0 Å². The Morgan fingerprint density at radius 1 is 1.50 bits per heavy atom. The summed E-state index contributed by atoms with van der Waals surface area (Å²) in [6, 6.07) is 0. The molecule has 1 rings (SSSR count). The van der Waals surface area contributed by atoms with E-state index in [-0.39, 0.29) is 17.1 Å². The van der Waals surface area contributed by atoms with Crippen LogP contribution in [0.25, 0.3) is 0 Å². The van der Waals surface area contributed by atoms with E-state index in [0.717, 1.165) is 11.5 Å². The van der Waals surface area contributed by atoms with E-state index in [2.05, 4.69) is 9.97 Å². The monoisotopic (exact) mass is 152 g/mol. The van der Waals surface area contributed by atoms with Crippen LogP contribution in [0.4, 0.5) is 0 Å². The Bertz CT molecular complexity index is 143. The molecule has 0 spiro atoms. The molecule has 1 N–H and O–H groups in total. The van der Waals surface area contributed by atoms with Crippen molar-refractivity contribution in [2.24, 2.45) is 0 Å². The van der Waals surface area contributed by atoms with Crippen molar-refractivity contribution in [2.45, 2.75) is 13.8 Å². The predicted molar refractivity (Wildman–Crippen MR) is 28.1 cm³/mol. The number of hydrogen-bond donors (Lipinski definition) is 1. The van der Waals surface area contributed by atoms with Crippen molar-refractivity contribution < 1.29 is 17.1 Å². The molecule has 3 heteroatoms. The van der Waals surface area contributed by atoms with E-state index < -0.39 is 0 Å². The Labute approximate surface area is 59.2 Å². The van der Waals surface area contributed by atoms with E-state index in [1.54, 1.807) is 0 Å². The van der Waals surface area contributed by atoms with Crippen LogP contribution < -0.4 is 0 Å². The third-order valence-corrected chi connectivity index (χ3v) is 0.830. The molecule has 0 saturated heterocycles. The number of rotatable bonds is 0. The Morgan fingerprint density at radius 2 is 2.12 bits per heavy atom. The van der Waals surface area contributed by atoms with Gasteiger partial charge in [-0.2, -0.15) is 0 Å². The van der Waals surface area contributed by atoms with Crippen LogP contribution in [0.2, 0.25) is 0 Å². The minimum Gasteiger partial charge on any atom is -0.346 e. The zero-order valence-electron chi connectivity index (χ0n) is 4.88. The molecular weight excluding hydrogens is 144 g/mol. The molecule has 0 aromatic carbocycles. The van der Waals surface area contributed by atoms with Gasteiger partial charge in [-0.25, -0.2) is 4.98 Å². The zero-order chi connectivity index (χ0) is 5.28. The maximum atomic E-state index is 3.96. The standard InChI is InChI=1S/C5H8N2.Fe/c1-4-3-6-5(2)7-4;/h3H,1-2H3,(H,6,7);. The molecule has 0 saturated carbocycles. The maximum absolute atomic E-state index is 3.96. The molecule has 0 atom stereocenters. The Kier molecular flexibility index (Phi) is 2.80. The average Bonchev–Trinajstić information content (AvgIpc) is 1.87. The molecule has 0 fully saturated rings. The second-order valence-electron chi connectivity index (χ2n) is 1.65. The summed E-state index contributed by atoms with van der Waals surface area (Å²) in [5, 5.41) is 0. The fraction of sp³-hybridized carbons (Fsp3) is 0.400. The number of aromatic amines is 1. The second-order valence-corrected chi connectivity index (χ2v) is 1.65. The van der Waals surface area contributed by atoms with Crippen LogP contribution in [0, 0.1) is 13.8 Å². The first-order valence-corrected chi connectivity index (χ1v) is 2.27. The topological polar surface area (TPSA) is 28.7 Å². The third kappa shape index (κ3) is 1.68. The largest absolute Gasteiger partial charge is 0.346 e. The van der Waals surface area contributed by atoms with Crippen LogP contribution in [-0.2, 0) is 17.1 Å². The number of aryl methyl sites for hydroxylation is 2. The minimum atomic E-state index is 0. The molecule has 0 aliphatic carbocycles. The molecule has 0 bridgehead atoms. The van der Waals surface area contributed by atoms with Crippen LogP contribution >= 0.6 is 0 Å². The van der Waals surface area contributed by atoms with Crippen molar-refractivity contribution in [3.05, 3.63) is 17.7 Å². The predicted octanol–water partition coefficient (Wildman–Crippen LogP) is 1.02. The number of aromatic nitrogens is 2. The van der Waals surface area contributed by atoms with Gasteiger partial charge < -0.3 is 4.98 Å². The smallest absolute Gasteiger partial charge is 0.103 e. The van der Waals surface area contributed by atoms with E-state index in [0.29, 0.717) is 0 Å². The van der Waals surface area contributed by atoms with Crippen molar-refractivity contribution in [3.8, 4) is 0 Å². The van der Waals surface area contributed by atoms with Gasteiger partial charge in [0.2, 0.25) is 0 Å². The number of nitrogens with zero attached hydrogens (tertiary/aromatic N) is 1. The summed E-state index contributed by atoms with van der Waals surface area (Å²) in [7, 11) is 0. The molecule has 8 heavy (non-hydrogen) atoms. The molecule has 1 heterocycles. The first-order valence-electron chi connectivity index (χ1n) is 2.27. The van der Waals surface area contributed by atoms with Gasteiger partial charge in [0.15, 0.2) is 0 Å². The van der Waals surface area contributed by atoms with Crippen LogP contribution in [-0.4, -0.2) is 9.97 Å².